The molecule has 16 heavy (non-hydrogen) atoms. The number of piperidine rings is 1. The Kier molecular flexibility index (Phi) is 3.60. The Morgan fingerprint density at radius 3 is 2.25 bits per heavy atom. The molecule has 0 spiro atoms. The van der Waals surface area contributed by atoms with Crippen LogP contribution in [0.3, 0.4) is 0 Å². The van der Waals surface area contributed by atoms with Crippen LogP contribution < -0.4 is 5.73 Å². The Bertz CT molecular complexity index is 231. The van der Waals surface area contributed by atoms with E-state index in [0.29, 0.717) is 11.5 Å². The second-order valence-electron chi connectivity index (χ2n) is 6.45. The van der Waals surface area contributed by atoms with Gasteiger partial charge in [0.1, 0.15) is 0 Å². The molecule has 4 atom stereocenters. The highest BCUT2D eigenvalue weighted by Crippen LogP contribution is 2.39. The molecule has 2 fully saturated rings. The van der Waals surface area contributed by atoms with Crippen LogP contribution in [-0.2, 0) is 0 Å². The van der Waals surface area contributed by atoms with E-state index in [2.05, 4.69) is 25.7 Å². The molecule has 2 nitrogen and oxygen atoms in total. The molecule has 2 heteroatoms. The van der Waals surface area contributed by atoms with Gasteiger partial charge < -0.3 is 5.73 Å². The van der Waals surface area contributed by atoms with Gasteiger partial charge in [-0.05, 0) is 44.9 Å². The normalized spacial score (nSPS) is 46.1. The van der Waals surface area contributed by atoms with Gasteiger partial charge in [0.15, 0.2) is 0 Å². The van der Waals surface area contributed by atoms with Crippen LogP contribution >= 0.6 is 0 Å². The minimum atomic E-state index is 0.375. The van der Waals surface area contributed by atoms with E-state index in [1.165, 1.54) is 45.1 Å². The molecule has 0 aromatic heterocycles. The van der Waals surface area contributed by atoms with Crippen LogP contribution in [0.25, 0.3) is 0 Å². The van der Waals surface area contributed by atoms with Crippen molar-refractivity contribution in [3.8, 4) is 0 Å². The van der Waals surface area contributed by atoms with Crippen molar-refractivity contribution in [3.05, 3.63) is 0 Å². The minimum Gasteiger partial charge on any atom is -0.327 e. The van der Waals surface area contributed by atoms with Crippen LogP contribution in [-0.4, -0.2) is 29.6 Å². The quantitative estimate of drug-likeness (QED) is 0.781. The summed E-state index contributed by atoms with van der Waals surface area (Å²) in [6.45, 7) is 8.40. The first-order valence-electron chi connectivity index (χ1n) is 7.04. The third kappa shape index (κ3) is 2.28. The molecule has 1 saturated carbocycles. The van der Waals surface area contributed by atoms with Gasteiger partial charge in [0, 0.05) is 24.7 Å². The molecule has 1 saturated heterocycles. The van der Waals surface area contributed by atoms with Gasteiger partial charge in [0.25, 0.3) is 0 Å². The first-order chi connectivity index (χ1) is 7.53. The standard InChI is InChI=1S/C14H28N2/c1-11-6-4-7-12(2)16(11)10-14(3)9-5-8-13(14)15/h11-13H,4-10,15H2,1-3H3. The van der Waals surface area contributed by atoms with Crippen molar-refractivity contribution in [1.82, 2.24) is 4.90 Å². The maximum absolute atomic E-state index is 6.29. The van der Waals surface area contributed by atoms with Gasteiger partial charge in [-0.15, -0.1) is 0 Å². The van der Waals surface area contributed by atoms with E-state index >= 15 is 0 Å². The van der Waals surface area contributed by atoms with E-state index in [1.54, 1.807) is 0 Å². The molecule has 0 aromatic rings. The Balaban J connectivity index is 2.01. The van der Waals surface area contributed by atoms with Gasteiger partial charge in [-0.3, -0.25) is 4.90 Å². The maximum Gasteiger partial charge on any atom is 0.0105 e. The molecular formula is C14H28N2. The average molecular weight is 224 g/mol. The summed E-state index contributed by atoms with van der Waals surface area (Å²) in [5.41, 5.74) is 6.67. The summed E-state index contributed by atoms with van der Waals surface area (Å²) in [7, 11) is 0. The average Bonchev–Trinajstić information content (AvgIpc) is 2.54. The first kappa shape index (κ1) is 12.4. The molecule has 0 radical (unpaired) electrons. The van der Waals surface area contributed by atoms with Crippen molar-refractivity contribution in [2.45, 2.75) is 77.4 Å². The molecule has 0 bridgehead atoms. The van der Waals surface area contributed by atoms with Crippen molar-refractivity contribution in [2.24, 2.45) is 11.1 Å². The molecule has 0 amide bonds. The lowest BCUT2D eigenvalue weighted by Crippen LogP contribution is -2.51. The second-order valence-corrected chi connectivity index (χ2v) is 6.45. The predicted molar refractivity (Wildman–Crippen MR) is 69.4 cm³/mol. The molecule has 4 unspecified atom stereocenters. The molecule has 94 valence electrons. The molecule has 1 heterocycles. The van der Waals surface area contributed by atoms with Crippen LogP contribution in [0.2, 0.25) is 0 Å². The second kappa shape index (κ2) is 4.66. The summed E-state index contributed by atoms with van der Waals surface area (Å²) in [6, 6.07) is 1.94. The van der Waals surface area contributed by atoms with Crippen LogP contribution in [0, 0.1) is 5.41 Å². The Labute approximate surface area is 101 Å². The molecule has 0 aromatic carbocycles. The topological polar surface area (TPSA) is 29.3 Å². The van der Waals surface area contributed by atoms with Crippen molar-refractivity contribution in [1.29, 1.82) is 0 Å². The Morgan fingerprint density at radius 2 is 1.75 bits per heavy atom. The highest BCUT2D eigenvalue weighted by Gasteiger charge is 2.40. The van der Waals surface area contributed by atoms with Crippen molar-refractivity contribution in [2.75, 3.05) is 6.54 Å². The number of likely N-dealkylation sites (tertiary alicyclic amines) is 1. The Hall–Kier alpha value is -0.0800. The zero-order valence-electron chi connectivity index (χ0n) is 11.2. The summed E-state index contributed by atoms with van der Waals surface area (Å²) < 4.78 is 0. The largest absolute Gasteiger partial charge is 0.327 e. The lowest BCUT2D eigenvalue weighted by molar-refractivity contribution is 0.0506. The third-order valence-corrected chi connectivity index (χ3v) is 5.08. The summed E-state index contributed by atoms with van der Waals surface area (Å²) in [4.78, 5) is 2.72. The maximum atomic E-state index is 6.29. The number of nitrogens with two attached hydrogens (primary N) is 1. The SMILES string of the molecule is CC1CCCC(C)N1CC1(C)CCCC1N. The predicted octanol–water partition coefficient (Wildman–Crippen LogP) is 2.77. The van der Waals surface area contributed by atoms with Gasteiger partial charge >= 0.3 is 0 Å². The summed E-state index contributed by atoms with van der Waals surface area (Å²) >= 11 is 0. The summed E-state index contributed by atoms with van der Waals surface area (Å²) in [5, 5.41) is 0. The molecule has 2 N–H and O–H groups in total. The number of rotatable bonds is 2. The fraction of sp³-hybridized carbons (Fsp3) is 1.00. The fourth-order valence-corrected chi connectivity index (χ4v) is 3.66. The number of hydrogen-bond donors (Lipinski definition) is 1. The third-order valence-electron chi connectivity index (χ3n) is 5.08. The van der Waals surface area contributed by atoms with E-state index in [0.717, 1.165) is 12.1 Å². The van der Waals surface area contributed by atoms with Gasteiger partial charge in [0.05, 0.1) is 0 Å². The number of hydrogen-bond acceptors (Lipinski definition) is 2. The van der Waals surface area contributed by atoms with E-state index in [-0.39, 0.29) is 0 Å². The van der Waals surface area contributed by atoms with Crippen LogP contribution in [0.5, 0.6) is 0 Å². The van der Waals surface area contributed by atoms with Crippen molar-refractivity contribution < 1.29 is 0 Å². The van der Waals surface area contributed by atoms with Crippen molar-refractivity contribution >= 4 is 0 Å². The van der Waals surface area contributed by atoms with E-state index in [4.69, 9.17) is 5.73 Å². The zero-order valence-corrected chi connectivity index (χ0v) is 11.2. The summed E-state index contributed by atoms with van der Waals surface area (Å²) in [6.07, 6.45) is 8.03. The molecule has 1 aliphatic carbocycles. The van der Waals surface area contributed by atoms with Gasteiger partial charge in [0.2, 0.25) is 0 Å². The monoisotopic (exact) mass is 224 g/mol. The fourth-order valence-electron chi connectivity index (χ4n) is 3.66. The van der Waals surface area contributed by atoms with Crippen LogP contribution in [0.15, 0.2) is 0 Å². The molecule has 2 aliphatic rings. The zero-order chi connectivity index (χ0) is 11.8. The smallest absolute Gasteiger partial charge is 0.0105 e. The van der Waals surface area contributed by atoms with E-state index in [9.17, 15) is 0 Å². The highest BCUT2D eigenvalue weighted by molar-refractivity contribution is 4.95. The highest BCUT2D eigenvalue weighted by atomic mass is 15.2. The van der Waals surface area contributed by atoms with Gasteiger partial charge in [-0.25, -0.2) is 0 Å². The van der Waals surface area contributed by atoms with Gasteiger partial charge in [-0.2, -0.15) is 0 Å². The van der Waals surface area contributed by atoms with E-state index in [1.807, 2.05) is 0 Å². The first-order valence-corrected chi connectivity index (χ1v) is 7.04. The van der Waals surface area contributed by atoms with Crippen molar-refractivity contribution in [3.63, 3.8) is 0 Å². The number of nitrogens with zero attached hydrogens (tertiary/aromatic N) is 1. The molecule has 1 aliphatic heterocycles. The minimum absolute atomic E-state index is 0.375. The Morgan fingerprint density at radius 1 is 1.12 bits per heavy atom. The van der Waals surface area contributed by atoms with Crippen LogP contribution in [0.1, 0.15) is 59.3 Å². The van der Waals surface area contributed by atoms with E-state index < -0.39 is 0 Å². The van der Waals surface area contributed by atoms with Gasteiger partial charge in [-0.1, -0.05) is 19.8 Å². The lowest BCUT2D eigenvalue weighted by Gasteiger charge is -2.44. The summed E-state index contributed by atoms with van der Waals surface area (Å²) in [5.74, 6) is 0. The molecule has 2 rings (SSSR count). The molecular weight excluding hydrogens is 196 g/mol. The van der Waals surface area contributed by atoms with Crippen LogP contribution in [0.4, 0.5) is 0 Å². The lowest BCUT2D eigenvalue weighted by atomic mass is 9.82.